The molecule has 0 aliphatic rings. The van der Waals surface area contributed by atoms with E-state index in [-0.39, 0.29) is 24.1 Å². The van der Waals surface area contributed by atoms with Crippen molar-refractivity contribution in [3.63, 3.8) is 0 Å². The summed E-state index contributed by atoms with van der Waals surface area (Å²) in [5.74, 6) is 0.510. The molecule has 1 aromatic heterocycles. The van der Waals surface area contributed by atoms with E-state index in [1.54, 1.807) is 25.2 Å². The average molecular weight is 396 g/mol. The Kier molecular flexibility index (Phi) is 6.33. The van der Waals surface area contributed by atoms with Gasteiger partial charge in [0.1, 0.15) is 0 Å². The molecule has 152 valence electrons. The van der Waals surface area contributed by atoms with Gasteiger partial charge >= 0.3 is 0 Å². The van der Waals surface area contributed by atoms with Crippen molar-refractivity contribution >= 4 is 28.4 Å². The second-order valence-corrected chi connectivity index (χ2v) is 6.35. The van der Waals surface area contributed by atoms with Crippen LogP contribution >= 0.6 is 0 Å². The van der Waals surface area contributed by atoms with E-state index in [1.807, 2.05) is 38.1 Å². The summed E-state index contributed by atoms with van der Waals surface area (Å²) in [5.41, 5.74) is 1.62. The molecule has 0 aliphatic carbocycles. The van der Waals surface area contributed by atoms with Crippen molar-refractivity contribution < 1.29 is 19.1 Å². The van der Waals surface area contributed by atoms with Crippen LogP contribution in [0.1, 0.15) is 24.3 Å². The fraction of sp³-hybridized carbons (Fsp3) is 0.286. The van der Waals surface area contributed by atoms with Gasteiger partial charge in [-0.05, 0) is 32.0 Å². The molecule has 0 saturated heterocycles. The van der Waals surface area contributed by atoms with E-state index in [1.165, 1.54) is 4.90 Å². The molecule has 0 spiro atoms. The molecule has 0 unspecified atom stereocenters. The molecule has 0 bridgehead atoms. The maximum absolute atomic E-state index is 12.7. The van der Waals surface area contributed by atoms with Gasteiger partial charge in [0.25, 0.3) is 5.91 Å². The molecular formula is C21H24N4O4. The highest BCUT2D eigenvalue weighted by molar-refractivity contribution is 6.06. The van der Waals surface area contributed by atoms with Crippen molar-refractivity contribution in [1.82, 2.24) is 15.1 Å². The highest BCUT2D eigenvalue weighted by atomic mass is 16.5. The number of carbonyl (C=O) groups is 2. The van der Waals surface area contributed by atoms with Gasteiger partial charge < -0.3 is 19.7 Å². The highest BCUT2D eigenvalue weighted by Gasteiger charge is 2.20. The minimum Gasteiger partial charge on any atom is -0.490 e. The van der Waals surface area contributed by atoms with Gasteiger partial charge in [-0.25, -0.2) is 0 Å². The first kappa shape index (κ1) is 20.2. The minimum atomic E-state index is -0.334. The second kappa shape index (κ2) is 9.09. The summed E-state index contributed by atoms with van der Waals surface area (Å²) in [6.45, 7) is 4.64. The van der Waals surface area contributed by atoms with Crippen LogP contribution in [0, 0.1) is 0 Å². The van der Waals surface area contributed by atoms with E-state index in [9.17, 15) is 9.59 Å². The van der Waals surface area contributed by atoms with Gasteiger partial charge in [0.2, 0.25) is 5.91 Å². The van der Waals surface area contributed by atoms with Crippen molar-refractivity contribution in [3.8, 4) is 11.5 Å². The van der Waals surface area contributed by atoms with Crippen LogP contribution < -0.4 is 14.8 Å². The molecule has 29 heavy (non-hydrogen) atoms. The lowest BCUT2D eigenvalue weighted by atomic mass is 10.2. The molecule has 8 heteroatoms. The molecule has 3 aromatic rings. The quantitative estimate of drug-likeness (QED) is 0.610. The van der Waals surface area contributed by atoms with Crippen LogP contribution in [-0.4, -0.2) is 53.7 Å². The lowest BCUT2D eigenvalue weighted by molar-refractivity contribution is -0.116. The lowest BCUT2D eigenvalue weighted by Gasteiger charge is -2.17. The average Bonchev–Trinajstić information content (AvgIpc) is 3.13. The van der Waals surface area contributed by atoms with Gasteiger partial charge in [-0.2, -0.15) is 5.10 Å². The molecule has 2 aromatic carbocycles. The summed E-state index contributed by atoms with van der Waals surface area (Å²) in [6, 6.07) is 12.5. The van der Waals surface area contributed by atoms with E-state index in [2.05, 4.69) is 15.5 Å². The van der Waals surface area contributed by atoms with Crippen molar-refractivity contribution in [2.75, 3.05) is 32.1 Å². The number of nitrogens with zero attached hydrogens (tertiary/aromatic N) is 2. The van der Waals surface area contributed by atoms with E-state index in [4.69, 9.17) is 9.47 Å². The van der Waals surface area contributed by atoms with Crippen molar-refractivity contribution in [1.29, 1.82) is 0 Å². The van der Waals surface area contributed by atoms with E-state index in [0.717, 1.165) is 10.9 Å². The Morgan fingerprint density at radius 2 is 1.79 bits per heavy atom. The highest BCUT2D eigenvalue weighted by Crippen LogP contribution is 2.30. The first-order chi connectivity index (χ1) is 14.0. The monoisotopic (exact) mass is 396 g/mol. The number of benzene rings is 2. The SMILES string of the molecule is CCOc1ccc(NC(=O)CN(C)C(=O)c2n[nH]c3ccccc23)cc1OCC. The number of hydrogen-bond donors (Lipinski definition) is 2. The summed E-state index contributed by atoms with van der Waals surface area (Å²) in [4.78, 5) is 26.5. The zero-order valence-corrected chi connectivity index (χ0v) is 16.7. The number of amides is 2. The molecule has 2 N–H and O–H groups in total. The molecule has 2 amide bonds. The Balaban J connectivity index is 1.67. The van der Waals surface area contributed by atoms with Crippen molar-refractivity contribution in [3.05, 3.63) is 48.2 Å². The summed E-state index contributed by atoms with van der Waals surface area (Å²) in [7, 11) is 1.56. The Hall–Kier alpha value is -3.55. The van der Waals surface area contributed by atoms with Crippen LogP contribution in [0.25, 0.3) is 10.9 Å². The van der Waals surface area contributed by atoms with Crippen LogP contribution in [0.4, 0.5) is 5.69 Å². The third kappa shape index (κ3) is 4.66. The predicted octanol–water partition coefficient (Wildman–Crippen LogP) is 3.07. The van der Waals surface area contributed by atoms with Crippen molar-refractivity contribution in [2.45, 2.75) is 13.8 Å². The summed E-state index contributed by atoms with van der Waals surface area (Å²) in [6.07, 6.45) is 0. The molecule has 1 heterocycles. The number of rotatable bonds is 8. The number of hydrogen-bond acceptors (Lipinski definition) is 5. The Morgan fingerprint density at radius 3 is 2.55 bits per heavy atom. The van der Waals surface area contributed by atoms with Crippen LogP contribution in [0.2, 0.25) is 0 Å². The molecule has 0 aliphatic heterocycles. The molecule has 3 rings (SSSR count). The van der Waals surface area contributed by atoms with E-state index < -0.39 is 0 Å². The maximum atomic E-state index is 12.7. The van der Waals surface area contributed by atoms with Crippen LogP contribution in [-0.2, 0) is 4.79 Å². The summed E-state index contributed by atoms with van der Waals surface area (Å²) < 4.78 is 11.1. The number of aromatic nitrogens is 2. The number of carbonyl (C=O) groups excluding carboxylic acids is 2. The third-order valence-corrected chi connectivity index (χ3v) is 4.23. The number of anilines is 1. The number of nitrogens with one attached hydrogen (secondary N) is 2. The van der Waals surface area contributed by atoms with Crippen LogP contribution in [0.3, 0.4) is 0 Å². The fourth-order valence-electron chi connectivity index (χ4n) is 2.92. The maximum Gasteiger partial charge on any atom is 0.275 e. The molecular weight excluding hydrogens is 372 g/mol. The van der Waals surface area contributed by atoms with Gasteiger partial charge in [-0.3, -0.25) is 14.7 Å². The number of fused-ring (bicyclic) bond motifs is 1. The standard InChI is InChI=1S/C21H24N4O4/c1-4-28-17-11-10-14(12-18(17)29-5-2)22-19(26)13-25(3)21(27)20-15-8-6-7-9-16(15)23-24-20/h6-12H,4-5,13H2,1-3H3,(H,22,26)(H,23,24). The van der Waals surface area contributed by atoms with E-state index in [0.29, 0.717) is 30.4 Å². The molecule has 8 nitrogen and oxygen atoms in total. The minimum absolute atomic E-state index is 0.114. The first-order valence-electron chi connectivity index (χ1n) is 9.41. The van der Waals surface area contributed by atoms with E-state index >= 15 is 0 Å². The Bertz CT molecular complexity index is 1010. The Labute approximate surface area is 168 Å². The van der Waals surface area contributed by atoms with Gasteiger partial charge in [0.05, 0.1) is 25.3 Å². The lowest BCUT2D eigenvalue weighted by Crippen LogP contribution is -2.35. The second-order valence-electron chi connectivity index (χ2n) is 6.35. The normalized spacial score (nSPS) is 10.6. The van der Waals surface area contributed by atoms with Gasteiger partial charge in [0.15, 0.2) is 17.2 Å². The van der Waals surface area contributed by atoms with Crippen LogP contribution in [0.5, 0.6) is 11.5 Å². The number of likely N-dealkylation sites (N-methyl/N-ethyl adjacent to an activating group) is 1. The fourth-order valence-corrected chi connectivity index (χ4v) is 2.92. The zero-order valence-electron chi connectivity index (χ0n) is 16.7. The number of H-pyrrole nitrogens is 1. The first-order valence-corrected chi connectivity index (χ1v) is 9.41. The smallest absolute Gasteiger partial charge is 0.275 e. The number of para-hydroxylation sites is 1. The largest absolute Gasteiger partial charge is 0.490 e. The topological polar surface area (TPSA) is 96.5 Å². The van der Waals surface area contributed by atoms with Crippen molar-refractivity contribution in [2.24, 2.45) is 0 Å². The third-order valence-electron chi connectivity index (χ3n) is 4.23. The summed E-state index contributed by atoms with van der Waals surface area (Å²) >= 11 is 0. The van der Waals surface area contributed by atoms with Gasteiger partial charge in [-0.15, -0.1) is 0 Å². The molecule has 0 radical (unpaired) electrons. The summed E-state index contributed by atoms with van der Waals surface area (Å²) in [5, 5.41) is 10.4. The molecule has 0 atom stereocenters. The van der Waals surface area contributed by atoms with Crippen LogP contribution in [0.15, 0.2) is 42.5 Å². The number of ether oxygens (including phenoxy) is 2. The van der Waals surface area contributed by atoms with Gasteiger partial charge in [0, 0.05) is 24.2 Å². The number of aromatic amines is 1. The Morgan fingerprint density at radius 1 is 1.07 bits per heavy atom. The molecule has 0 saturated carbocycles. The predicted molar refractivity (Wildman–Crippen MR) is 110 cm³/mol. The molecule has 0 fully saturated rings. The zero-order chi connectivity index (χ0) is 20.8. The van der Waals surface area contributed by atoms with Gasteiger partial charge in [-0.1, -0.05) is 18.2 Å².